The van der Waals surface area contributed by atoms with E-state index in [0.29, 0.717) is 17.1 Å². The van der Waals surface area contributed by atoms with Crippen molar-refractivity contribution >= 4 is 17.7 Å². The minimum Gasteiger partial charge on any atom is -0.439 e. The maximum Gasteiger partial charge on any atom is 0.248 e. The molecule has 19 heavy (non-hydrogen) atoms. The number of ether oxygens (including phenoxy) is 1. The zero-order valence-electron chi connectivity index (χ0n) is 9.83. The molecule has 1 heterocycles. The van der Waals surface area contributed by atoms with Crippen molar-refractivity contribution in [2.45, 2.75) is 0 Å². The maximum absolute atomic E-state index is 10.9. The van der Waals surface area contributed by atoms with Crippen LogP contribution in [0.3, 0.4) is 0 Å². The van der Waals surface area contributed by atoms with Gasteiger partial charge in [0.1, 0.15) is 11.6 Å². The average Bonchev–Trinajstić information content (AvgIpc) is 2.38. The third-order valence-electron chi connectivity index (χ3n) is 2.23. The van der Waals surface area contributed by atoms with E-state index in [-0.39, 0.29) is 11.8 Å². The Kier molecular flexibility index (Phi) is 3.44. The van der Waals surface area contributed by atoms with Gasteiger partial charge in [0.25, 0.3) is 0 Å². The lowest BCUT2D eigenvalue weighted by Crippen LogP contribution is -2.11. The van der Waals surface area contributed by atoms with Crippen LogP contribution in [0, 0.1) is 0 Å². The molecule has 98 valence electrons. The molecule has 0 radical (unpaired) electrons. The summed E-state index contributed by atoms with van der Waals surface area (Å²) in [4.78, 5) is 18.6. The molecule has 8 heteroatoms. The number of hydrazine groups is 1. The van der Waals surface area contributed by atoms with E-state index in [0.717, 1.165) is 0 Å². The van der Waals surface area contributed by atoms with Crippen molar-refractivity contribution in [3.8, 4) is 11.6 Å². The Morgan fingerprint density at radius 1 is 1.21 bits per heavy atom. The Morgan fingerprint density at radius 3 is 2.47 bits per heavy atom. The molecule has 2 aromatic rings. The number of carbonyl (C=O) groups is 1. The van der Waals surface area contributed by atoms with E-state index in [1.807, 2.05) is 0 Å². The number of hydrogen-bond acceptors (Lipinski definition) is 7. The molecule has 0 saturated heterocycles. The maximum atomic E-state index is 10.9. The first kappa shape index (κ1) is 12.6. The number of nitrogen functional groups attached to an aromatic ring is 2. The molecular weight excluding hydrogens is 248 g/mol. The molecule has 0 atom stereocenters. The van der Waals surface area contributed by atoms with Crippen molar-refractivity contribution in [2.24, 2.45) is 11.6 Å². The first-order valence-electron chi connectivity index (χ1n) is 5.27. The standard InChI is InChI=1S/C11H12N6O2/c12-10(18)6-1-3-7(4-2-6)19-9-5-8(17-14)15-11(13)16-9/h1-5H,14H2,(H2,12,18)(H3,13,15,16,17). The van der Waals surface area contributed by atoms with Crippen molar-refractivity contribution in [1.82, 2.24) is 9.97 Å². The van der Waals surface area contributed by atoms with Gasteiger partial charge < -0.3 is 21.6 Å². The van der Waals surface area contributed by atoms with E-state index < -0.39 is 5.91 Å². The molecule has 8 nitrogen and oxygen atoms in total. The number of hydrogen-bond donors (Lipinski definition) is 4. The molecule has 2 rings (SSSR count). The second-order valence-corrected chi connectivity index (χ2v) is 3.58. The average molecular weight is 260 g/mol. The van der Waals surface area contributed by atoms with Crippen LogP contribution in [0.2, 0.25) is 0 Å². The first-order valence-corrected chi connectivity index (χ1v) is 5.27. The number of rotatable bonds is 4. The van der Waals surface area contributed by atoms with E-state index in [4.69, 9.17) is 22.0 Å². The number of nitrogens with zero attached hydrogens (tertiary/aromatic N) is 2. The van der Waals surface area contributed by atoms with Crippen molar-refractivity contribution in [3.63, 3.8) is 0 Å². The third-order valence-corrected chi connectivity index (χ3v) is 2.23. The van der Waals surface area contributed by atoms with Crippen molar-refractivity contribution in [3.05, 3.63) is 35.9 Å². The molecule has 0 fully saturated rings. The van der Waals surface area contributed by atoms with Crippen LogP contribution in [0.4, 0.5) is 11.8 Å². The van der Waals surface area contributed by atoms with Crippen LogP contribution in [-0.2, 0) is 0 Å². The smallest absolute Gasteiger partial charge is 0.248 e. The first-order chi connectivity index (χ1) is 9.08. The summed E-state index contributed by atoms with van der Waals surface area (Å²) in [6.07, 6.45) is 0. The van der Waals surface area contributed by atoms with Crippen LogP contribution in [0.25, 0.3) is 0 Å². The van der Waals surface area contributed by atoms with Gasteiger partial charge in [-0.15, -0.1) is 0 Å². The Labute approximate surface area is 108 Å². The zero-order valence-corrected chi connectivity index (χ0v) is 9.83. The summed E-state index contributed by atoms with van der Waals surface area (Å²) >= 11 is 0. The predicted octanol–water partition coefficient (Wildman–Crippen LogP) is 0.236. The highest BCUT2D eigenvalue weighted by Crippen LogP contribution is 2.22. The third kappa shape index (κ3) is 3.07. The fourth-order valence-corrected chi connectivity index (χ4v) is 1.38. The molecule has 0 bridgehead atoms. The van der Waals surface area contributed by atoms with Crippen molar-refractivity contribution in [2.75, 3.05) is 11.2 Å². The summed E-state index contributed by atoms with van der Waals surface area (Å²) in [6.45, 7) is 0. The normalized spacial score (nSPS) is 9.95. The summed E-state index contributed by atoms with van der Waals surface area (Å²) in [7, 11) is 0. The van der Waals surface area contributed by atoms with Crippen molar-refractivity contribution < 1.29 is 9.53 Å². The summed E-state index contributed by atoms with van der Waals surface area (Å²) in [5.74, 6) is 5.79. The molecule has 1 aromatic heterocycles. The zero-order chi connectivity index (χ0) is 13.8. The number of carbonyl (C=O) groups excluding carboxylic acids is 1. The van der Waals surface area contributed by atoms with Gasteiger partial charge >= 0.3 is 0 Å². The Morgan fingerprint density at radius 2 is 1.89 bits per heavy atom. The minimum atomic E-state index is -0.507. The number of primary amides is 1. The molecule has 0 spiro atoms. The Balaban J connectivity index is 2.21. The monoisotopic (exact) mass is 260 g/mol. The second-order valence-electron chi connectivity index (χ2n) is 3.58. The fraction of sp³-hybridized carbons (Fsp3) is 0. The molecule has 7 N–H and O–H groups in total. The van der Waals surface area contributed by atoms with Gasteiger partial charge in [0.05, 0.1) is 0 Å². The van der Waals surface area contributed by atoms with Gasteiger partial charge in [-0.3, -0.25) is 4.79 Å². The Hall–Kier alpha value is -2.87. The van der Waals surface area contributed by atoms with Gasteiger partial charge in [0.15, 0.2) is 0 Å². The van der Waals surface area contributed by atoms with Crippen LogP contribution < -0.4 is 27.5 Å². The summed E-state index contributed by atoms with van der Waals surface area (Å²) in [5.41, 5.74) is 13.4. The van der Waals surface area contributed by atoms with Crippen LogP contribution in [0.15, 0.2) is 30.3 Å². The van der Waals surface area contributed by atoms with Crippen LogP contribution in [0.5, 0.6) is 11.6 Å². The quantitative estimate of drug-likeness (QED) is 0.455. The van der Waals surface area contributed by atoms with E-state index in [1.54, 1.807) is 24.3 Å². The summed E-state index contributed by atoms with van der Waals surface area (Å²) in [6, 6.07) is 7.76. The summed E-state index contributed by atoms with van der Waals surface area (Å²) in [5, 5.41) is 0. The number of amides is 1. The number of nitrogens with two attached hydrogens (primary N) is 3. The lowest BCUT2D eigenvalue weighted by Gasteiger charge is -2.07. The van der Waals surface area contributed by atoms with E-state index in [1.165, 1.54) is 6.07 Å². The number of nitrogens with one attached hydrogen (secondary N) is 1. The van der Waals surface area contributed by atoms with Gasteiger partial charge in [-0.25, -0.2) is 5.84 Å². The SMILES string of the molecule is NNc1cc(Oc2ccc(C(N)=O)cc2)nc(N)n1. The molecule has 0 aliphatic carbocycles. The fourth-order valence-electron chi connectivity index (χ4n) is 1.38. The van der Waals surface area contributed by atoms with Gasteiger partial charge in [0.2, 0.25) is 17.7 Å². The van der Waals surface area contributed by atoms with Crippen molar-refractivity contribution in [1.29, 1.82) is 0 Å². The van der Waals surface area contributed by atoms with Gasteiger partial charge in [-0.1, -0.05) is 0 Å². The lowest BCUT2D eigenvalue weighted by molar-refractivity contribution is 0.100. The number of aromatic nitrogens is 2. The lowest BCUT2D eigenvalue weighted by atomic mass is 10.2. The van der Waals surface area contributed by atoms with E-state index in [2.05, 4.69) is 15.4 Å². The molecule has 0 unspecified atom stereocenters. The summed E-state index contributed by atoms with van der Waals surface area (Å²) < 4.78 is 5.46. The highest BCUT2D eigenvalue weighted by Gasteiger charge is 2.05. The Bertz CT molecular complexity index is 599. The topological polar surface area (TPSA) is 142 Å². The predicted molar refractivity (Wildman–Crippen MR) is 69.3 cm³/mol. The minimum absolute atomic E-state index is 0.0270. The van der Waals surface area contributed by atoms with Gasteiger partial charge in [-0.2, -0.15) is 9.97 Å². The molecule has 0 aliphatic rings. The largest absolute Gasteiger partial charge is 0.439 e. The molecule has 0 aliphatic heterocycles. The van der Waals surface area contributed by atoms with Gasteiger partial charge in [-0.05, 0) is 24.3 Å². The molecule has 1 amide bonds. The number of anilines is 2. The van der Waals surface area contributed by atoms with Crippen LogP contribution in [0.1, 0.15) is 10.4 Å². The highest BCUT2D eigenvalue weighted by atomic mass is 16.5. The molecule has 0 saturated carbocycles. The molecular formula is C11H12N6O2. The van der Waals surface area contributed by atoms with Gasteiger partial charge in [0, 0.05) is 11.6 Å². The second kappa shape index (κ2) is 5.19. The van der Waals surface area contributed by atoms with Crippen LogP contribution in [-0.4, -0.2) is 15.9 Å². The highest BCUT2D eigenvalue weighted by molar-refractivity contribution is 5.92. The van der Waals surface area contributed by atoms with E-state index >= 15 is 0 Å². The van der Waals surface area contributed by atoms with Crippen LogP contribution >= 0.6 is 0 Å². The number of benzene rings is 1. The molecule has 1 aromatic carbocycles. The van der Waals surface area contributed by atoms with E-state index in [9.17, 15) is 4.79 Å².